The summed E-state index contributed by atoms with van der Waals surface area (Å²) in [4.78, 5) is 22.5. The van der Waals surface area contributed by atoms with Crippen molar-refractivity contribution < 1.29 is 19.4 Å². The Morgan fingerprint density at radius 2 is 1.71 bits per heavy atom. The van der Waals surface area contributed by atoms with E-state index in [9.17, 15) is 4.79 Å². The van der Waals surface area contributed by atoms with Gasteiger partial charge in [0.25, 0.3) is 5.91 Å². The van der Waals surface area contributed by atoms with Gasteiger partial charge in [0, 0.05) is 57.1 Å². The molecule has 0 saturated carbocycles. The normalized spacial score (nSPS) is 16.8. The number of azide groups is 1. The number of nitrogens with zero attached hydrogens (tertiary/aromatic N) is 4. The Kier molecular flexibility index (Phi) is 12.2. The molecule has 1 amide bonds. The quantitative estimate of drug-likeness (QED) is 0.0384. The third-order valence-corrected chi connectivity index (χ3v) is 8.77. The van der Waals surface area contributed by atoms with Crippen LogP contribution in [0.1, 0.15) is 40.3 Å². The molecule has 3 N–H and O–H groups in total. The van der Waals surface area contributed by atoms with Crippen LogP contribution in [0.2, 0.25) is 15.1 Å². The van der Waals surface area contributed by atoms with Gasteiger partial charge in [-0.05, 0) is 71.1 Å². The molecule has 4 aromatic rings. The standard InChI is InChI=1S/C35H33Cl3N6O4/c36-27-12-15-29(31(38)20-27)32-35(21-25-7-1-2-8-26(25)22-41-44-39,34(46)43-40-17-16-23-6-3-4-9-30(23)37)42-33(48-32)24-10-13-28(14-11-24)47-19-5-18-45/h1-4,6-15,20,32,40,45H,5,16-19,21-22H2,(H,43,46)/t32-,35-/m0/s1. The number of ether oxygens (including phenoxy) is 2. The fraction of sp³-hybridized carbons (Fsp3) is 0.257. The zero-order chi connectivity index (χ0) is 33.9. The summed E-state index contributed by atoms with van der Waals surface area (Å²) in [6.07, 6.45) is 0.173. The smallest absolute Gasteiger partial charge is 0.266 e. The van der Waals surface area contributed by atoms with Crippen LogP contribution in [0, 0.1) is 0 Å². The summed E-state index contributed by atoms with van der Waals surface area (Å²) in [6, 6.07) is 27.0. The number of aliphatic hydroxyl groups is 1. The van der Waals surface area contributed by atoms with Crippen molar-refractivity contribution in [1.82, 2.24) is 10.9 Å². The fourth-order valence-corrected chi connectivity index (χ4v) is 6.14. The van der Waals surface area contributed by atoms with Gasteiger partial charge in [0.2, 0.25) is 5.90 Å². The van der Waals surface area contributed by atoms with E-state index in [0.717, 1.165) is 16.7 Å². The Labute approximate surface area is 293 Å². The van der Waals surface area contributed by atoms with Crippen LogP contribution in [0.3, 0.4) is 0 Å². The van der Waals surface area contributed by atoms with Gasteiger partial charge in [-0.1, -0.05) is 88.4 Å². The number of aliphatic hydroxyl groups excluding tert-OH is 1. The van der Waals surface area contributed by atoms with Crippen molar-refractivity contribution in [3.05, 3.63) is 144 Å². The van der Waals surface area contributed by atoms with E-state index in [1.807, 2.05) is 48.5 Å². The van der Waals surface area contributed by atoms with Crippen LogP contribution in [0.15, 0.2) is 101 Å². The van der Waals surface area contributed by atoms with Crippen LogP contribution in [0.5, 0.6) is 5.75 Å². The predicted octanol–water partition coefficient (Wildman–Crippen LogP) is 7.58. The minimum atomic E-state index is -1.58. The summed E-state index contributed by atoms with van der Waals surface area (Å²) in [5.41, 5.74) is 16.9. The zero-order valence-corrected chi connectivity index (χ0v) is 28.0. The monoisotopic (exact) mass is 706 g/mol. The highest BCUT2D eigenvalue weighted by molar-refractivity contribution is 6.35. The van der Waals surface area contributed by atoms with Gasteiger partial charge in [-0.15, -0.1) is 0 Å². The highest BCUT2D eigenvalue weighted by Crippen LogP contribution is 2.45. The van der Waals surface area contributed by atoms with Gasteiger partial charge < -0.3 is 14.6 Å². The van der Waals surface area contributed by atoms with Crippen LogP contribution in [-0.4, -0.2) is 42.2 Å². The first-order valence-corrected chi connectivity index (χ1v) is 16.4. The SMILES string of the molecule is [N-]=[N+]=NCc1ccccc1C[C@]1(C(=O)NNCCc2ccccc2Cl)N=C(c2ccc(OCCCO)cc2)O[C@H]1c1ccc(Cl)cc1Cl. The molecule has 0 spiro atoms. The second kappa shape index (κ2) is 16.7. The minimum absolute atomic E-state index is 0.0301. The molecule has 0 saturated heterocycles. The molecule has 0 unspecified atom stereocenters. The van der Waals surface area contributed by atoms with Crippen molar-refractivity contribution in [2.45, 2.75) is 37.5 Å². The third kappa shape index (κ3) is 8.41. The first kappa shape index (κ1) is 35.0. The van der Waals surface area contributed by atoms with E-state index in [-0.39, 0.29) is 25.5 Å². The largest absolute Gasteiger partial charge is 0.494 e. The lowest BCUT2D eigenvalue weighted by molar-refractivity contribution is -0.130. The van der Waals surface area contributed by atoms with Gasteiger partial charge >= 0.3 is 0 Å². The first-order valence-electron chi connectivity index (χ1n) is 15.2. The molecule has 0 aromatic heterocycles. The number of hydrogen-bond acceptors (Lipinski definition) is 7. The number of amides is 1. The van der Waals surface area contributed by atoms with Crippen molar-refractivity contribution in [3.8, 4) is 5.75 Å². The molecule has 0 fully saturated rings. The van der Waals surface area contributed by atoms with Crippen LogP contribution in [-0.2, 0) is 28.9 Å². The van der Waals surface area contributed by atoms with Gasteiger partial charge in [-0.2, -0.15) is 0 Å². The molecule has 10 nitrogen and oxygen atoms in total. The van der Waals surface area contributed by atoms with Crippen molar-refractivity contribution in [3.63, 3.8) is 0 Å². The maximum atomic E-state index is 14.5. The average Bonchev–Trinajstić information content (AvgIpc) is 3.47. The lowest BCUT2D eigenvalue weighted by Crippen LogP contribution is -2.54. The second-order valence-electron chi connectivity index (χ2n) is 11.0. The summed E-state index contributed by atoms with van der Waals surface area (Å²) in [5.74, 6) is 0.378. The maximum absolute atomic E-state index is 14.5. The molecule has 0 radical (unpaired) electrons. The number of halogens is 3. The lowest BCUT2D eigenvalue weighted by Gasteiger charge is -2.32. The van der Waals surface area contributed by atoms with Crippen molar-refractivity contribution in [1.29, 1.82) is 0 Å². The van der Waals surface area contributed by atoms with Gasteiger partial charge in [0.1, 0.15) is 5.75 Å². The number of nitrogens with one attached hydrogen (secondary N) is 2. The number of carbonyl (C=O) groups is 1. The van der Waals surface area contributed by atoms with Crippen LogP contribution >= 0.6 is 34.8 Å². The Hall–Kier alpha value is -4.28. The summed E-state index contributed by atoms with van der Waals surface area (Å²) < 4.78 is 12.3. The fourth-order valence-electron chi connectivity index (χ4n) is 5.41. The Balaban J connectivity index is 1.55. The minimum Gasteiger partial charge on any atom is -0.494 e. The Morgan fingerprint density at radius 3 is 2.42 bits per heavy atom. The molecule has 1 aliphatic rings. The number of aliphatic imine (C=N–C) groups is 1. The van der Waals surface area contributed by atoms with E-state index < -0.39 is 17.6 Å². The van der Waals surface area contributed by atoms with E-state index in [1.54, 1.807) is 42.5 Å². The molecule has 5 rings (SSSR count). The van der Waals surface area contributed by atoms with Crippen molar-refractivity contribution in [2.75, 3.05) is 19.8 Å². The second-order valence-corrected chi connectivity index (χ2v) is 12.3. The van der Waals surface area contributed by atoms with E-state index in [1.165, 1.54) is 0 Å². The Morgan fingerprint density at radius 1 is 0.979 bits per heavy atom. The number of rotatable bonds is 15. The molecule has 48 heavy (non-hydrogen) atoms. The van der Waals surface area contributed by atoms with E-state index in [4.69, 9.17) is 59.9 Å². The van der Waals surface area contributed by atoms with E-state index in [2.05, 4.69) is 20.9 Å². The van der Waals surface area contributed by atoms with Gasteiger partial charge in [-0.25, -0.2) is 10.4 Å². The first-order chi connectivity index (χ1) is 23.3. The Bertz CT molecular complexity index is 1820. The van der Waals surface area contributed by atoms with E-state index >= 15 is 0 Å². The number of hydrazine groups is 1. The maximum Gasteiger partial charge on any atom is 0.266 e. The van der Waals surface area contributed by atoms with E-state index in [0.29, 0.717) is 57.9 Å². The molecule has 2 atom stereocenters. The molecule has 1 heterocycles. The summed E-state index contributed by atoms with van der Waals surface area (Å²) in [7, 11) is 0. The molecular weight excluding hydrogens is 675 g/mol. The molecule has 0 bridgehead atoms. The predicted molar refractivity (Wildman–Crippen MR) is 187 cm³/mol. The molecule has 13 heteroatoms. The number of carbonyl (C=O) groups excluding carboxylic acids is 1. The summed E-state index contributed by atoms with van der Waals surface area (Å²) >= 11 is 19.4. The van der Waals surface area contributed by atoms with Crippen LogP contribution < -0.4 is 15.6 Å². The summed E-state index contributed by atoms with van der Waals surface area (Å²) in [6.45, 7) is 0.872. The molecule has 4 aromatic carbocycles. The van der Waals surface area contributed by atoms with Gasteiger partial charge in [0.15, 0.2) is 11.6 Å². The highest BCUT2D eigenvalue weighted by Gasteiger charge is 2.54. The number of hydrogen-bond donors (Lipinski definition) is 3. The van der Waals surface area contributed by atoms with Crippen molar-refractivity contribution >= 4 is 46.6 Å². The summed E-state index contributed by atoms with van der Waals surface area (Å²) in [5, 5.41) is 14.2. The number of benzene rings is 4. The topological polar surface area (TPSA) is 141 Å². The molecule has 248 valence electrons. The average molecular weight is 708 g/mol. The van der Waals surface area contributed by atoms with Gasteiger partial charge in [-0.3, -0.25) is 10.2 Å². The zero-order valence-electron chi connectivity index (χ0n) is 25.8. The van der Waals surface area contributed by atoms with Crippen LogP contribution in [0.4, 0.5) is 0 Å². The lowest BCUT2D eigenvalue weighted by atomic mass is 9.81. The third-order valence-electron chi connectivity index (χ3n) is 7.84. The van der Waals surface area contributed by atoms with Crippen molar-refractivity contribution in [2.24, 2.45) is 10.1 Å². The molecular formula is C35H33Cl3N6O4. The highest BCUT2D eigenvalue weighted by atomic mass is 35.5. The molecule has 0 aliphatic carbocycles. The van der Waals surface area contributed by atoms with Crippen LogP contribution in [0.25, 0.3) is 10.4 Å². The molecule has 1 aliphatic heterocycles. The van der Waals surface area contributed by atoms with Gasteiger partial charge in [0.05, 0.1) is 13.2 Å².